The van der Waals surface area contributed by atoms with Crippen LogP contribution < -0.4 is 0 Å². The average molecular weight is 322 g/mol. The molecule has 0 N–H and O–H groups in total. The van der Waals surface area contributed by atoms with Crippen molar-refractivity contribution in [3.05, 3.63) is 34.9 Å². The molecule has 0 aliphatic heterocycles. The van der Waals surface area contributed by atoms with Crippen LogP contribution in [-0.4, -0.2) is 16.6 Å². The molecule has 1 aliphatic carbocycles. The van der Waals surface area contributed by atoms with Crippen molar-refractivity contribution in [3.8, 4) is 0 Å². The lowest BCUT2D eigenvalue weighted by molar-refractivity contribution is -0.149. The van der Waals surface area contributed by atoms with Gasteiger partial charge in [0.25, 0.3) is 0 Å². The van der Waals surface area contributed by atoms with E-state index in [-0.39, 0.29) is 12.1 Å². The molecule has 1 saturated carbocycles. The fourth-order valence-electron chi connectivity index (χ4n) is 2.68. The smallest absolute Gasteiger partial charge is 0.326 e. The van der Waals surface area contributed by atoms with Gasteiger partial charge in [0.05, 0.1) is 0 Å². The number of nitrogens with zero attached hydrogens (tertiary/aromatic N) is 1. The zero-order valence-corrected chi connectivity index (χ0v) is 12.2. The van der Waals surface area contributed by atoms with Crippen LogP contribution >= 0.6 is 15.9 Å². The monoisotopic (exact) mass is 321 g/mol. The quantitative estimate of drug-likeness (QED) is 0.803. The van der Waals surface area contributed by atoms with Crippen molar-refractivity contribution < 1.29 is 9.53 Å². The van der Waals surface area contributed by atoms with Gasteiger partial charge in [-0.25, -0.2) is 0 Å². The second-order valence-corrected chi connectivity index (χ2v) is 5.96. The van der Waals surface area contributed by atoms with Gasteiger partial charge in [0, 0.05) is 21.6 Å². The Labute approximate surface area is 120 Å². The van der Waals surface area contributed by atoms with E-state index in [0.29, 0.717) is 6.54 Å². The van der Waals surface area contributed by atoms with Crippen LogP contribution in [0.2, 0.25) is 0 Å². The first kappa shape index (κ1) is 12.7. The lowest BCUT2D eigenvalue weighted by Gasteiger charge is -2.12. The first-order chi connectivity index (χ1) is 9.22. The fraction of sp³-hybridized carbons (Fsp3) is 0.400. The molecule has 0 amide bonds. The second-order valence-electron chi connectivity index (χ2n) is 5.04. The minimum absolute atomic E-state index is 0.132. The van der Waals surface area contributed by atoms with Crippen molar-refractivity contribution in [2.75, 3.05) is 0 Å². The SMILES string of the molecule is O=C(Cn1ccc2cc(Br)ccc21)OC1CCCC1. The molecule has 0 unspecified atom stereocenters. The summed E-state index contributed by atoms with van der Waals surface area (Å²) in [6.45, 7) is 0.293. The molecule has 19 heavy (non-hydrogen) atoms. The summed E-state index contributed by atoms with van der Waals surface area (Å²) in [7, 11) is 0. The summed E-state index contributed by atoms with van der Waals surface area (Å²) >= 11 is 3.45. The third-order valence-corrected chi connectivity index (χ3v) is 4.13. The van der Waals surface area contributed by atoms with Crippen LogP contribution in [0.4, 0.5) is 0 Å². The van der Waals surface area contributed by atoms with Gasteiger partial charge in [-0.15, -0.1) is 0 Å². The van der Waals surface area contributed by atoms with Crippen LogP contribution in [-0.2, 0) is 16.1 Å². The Kier molecular flexibility index (Phi) is 3.60. The minimum Gasteiger partial charge on any atom is -0.461 e. The number of fused-ring (bicyclic) bond motifs is 1. The van der Waals surface area contributed by atoms with E-state index < -0.39 is 0 Å². The van der Waals surface area contributed by atoms with Crippen molar-refractivity contribution >= 4 is 32.8 Å². The highest BCUT2D eigenvalue weighted by molar-refractivity contribution is 9.10. The Morgan fingerprint density at radius 3 is 2.89 bits per heavy atom. The molecule has 1 aromatic carbocycles. The van der Waals surface area contributed by atoms with E-state index in [9.17, 15) is 4.79 Å². The van der Waals surface area contributed by atoms with Crippen molar-refractivity contribution in [2.24, 2.45) is 0 Å². The van der Waals surface area contributed by atoms with Crippen molar-refractivity contribution in [3.63, 3.8) is 0 Å². The summed E-state index contributed by atoms with van der Waals surface area (Å²) in [5.41, 5.74) is 1.06. The van der Waals surface area contributed by atoms with Crippen molar-refractivity contribution in [2.45, 2.75) is 38.3 Å². The number of hydrogen-bond acceptors (Lipinski definition) is 2. The number of aromatic nitrogens is 1. The van der Waals surface area contributed by atoms with Crippen molar-refractivity contribution in [1.82, 2.24) is 4.57 Å². The van der Waals surface area contributed by atoms with Crippen LogP contribution in [0, 0.1) is 0 Å². The molecular weight excluding hydrogens is 306 g/mol. The molecule has 1 heterocycles. The number of ether oxygens (including phenoxy) is 1. The molecule has 1 fully saturated rings. The lowest BCUT2D eigenvalue weighted by Crippen LogP contribution is -2.19. The number of carbonyl (C=O) groups is 1. The highest BCUT2D eigenvalue weighted by Crippen LogP contribution is 2.23. The molecule has 0 radical (unpaired) electrons. The standard InChI is InChI=1S/C15H16BrNO2/c16-12-5-6-14-11(9-12)7-8-17(14)10-15(18)19-13-3-1-2-4-13/h5-9,13H,1-4,10H2. The molecule has 0 atom stereocenters. The summed E-state index contributed by atoms with van der Waals surface area (Å²) in [6, 6.07) is 8.07. The molecule has 3 nitrogen and oxygen atoms in total. The molecule has 0 spiro atoms. The van der Waals surface area contributed by atoms with Crippen molar-refractivity contribution in [1.29, 1.82) is 0 Å². The summed E-state index contributed by atoms with van der Waals surface area (Å²) in [6.07, 6.45) is 6.48. The van der Waals surface area contributed by atoms with Crippen LogP contribution in [0.5, 0.6) is 0 Å². The normalized spacial score (nSPS) is 16.1. The van der Waals surface area contributed by atoms with Crippen LogP contribution in [0.3, 0.4) is 0 Å². The van der Waals surface area contributed by atoms with E-state index in [1.807, 2.05) is 35.0 Å². The molecule has 4 heteroatoms. The number of rotatable bonds is 3. The number of carbonyl (C=O) groups excluding carboxylic acids is 1. The maximum Gasteiger partial charge on any atom is 0.326 e. The van der Waals surface area contributed by atoms with E-state index >= 15 is 0 Å². The lowest BCUT2D eigenvalue weighted by atomic mass is 10.2. The molecule has 1 aromatic heterocycles. The number of benzene rings is 1. The zero-order valence-electron chi connectivity index (χ0n) is 10.6. The number of halogens is 1. The highest BCUT2D eigenvalue weighted by atomic mass is 79.9. The van der Waals surface area contributed by atoms with Gasteiger partial charge < -0.3 is 9.30 Å². The summed E-state index contributed by atoms with van der Waals surface area (Å²) in [5, 5.41) is 1.13. The molecule has 2 aromatic rings. The predicted molar refractivity (Wildman–Crippen MR) is 78.0 cm³/mol. The predicted octanol–water partition coefficient (Wildman–Crippen LogP) is 3.89. The van der Waals surface area contributed by atoms with Gasteiger partial charge in [-0.1, -0.05) is 15.9 Å². The number of hydrogen-bond donors (Lipinski definition) is 0. The number of esters is 1. The van der Waals surface area contributed by atoms with Gasteiger partial charge in [-0.05, 0) is 49.9 Å². The Balaban J connectivity index is 1.72. The molecule has 3 rings (SSSR count). The van der Waals surface area contributed by atoms with Crippen LogP contribution in [0.1, 0.15) is 25.7 Å². The van der Waals surface area contributed by atoms with Gasteiger partial charge in [-0.3, -0.25) is 4.79 Å². The van der Waals surface area contributed by atoms with Gasteiger partial charge in [0.2, 0.25) is 0 Å². The Morgan fingerprint density at radius 2 is 2.11 bits per heavy atom. The summed E-state index contributed by atoms with van der Waals surface area (Å²) < 4.78 is 8.48. The maximum absolute atomic E-state index is 11.9. The second kappa shape index (κ2) is 5.37. The summed E-state index contributed by atoms with van der Waals surface area (Å²) in [5.74, 6) is -0.132. The zero-order chi connectivity index (χ0) is 13.2. The van der Waals surface area contributed by atoms with E-state index in [4.69, 9.17) is 4.74 Å². The Hall–Kier alpha value is -1.29. The molecule has 1 aliphatic rings. The topological polar surface area (TPSA) is 31.2 Å². The van der Waals surface area contributed by atoms with E-state index in [0.717, 1.165) is 28.2 Å². The molecule has 0 saturated heterocycles. The highest BCUT2D eigenvalue weighted by Gasteiger charge is 2.19. The van der Waals surface area contributed by atoms with Gasteiger partial charge in [0.1, 0.15) is 12.6 Å². The minimum atomic E-state index is -0.132. The largest absolute Gasteiger partial charge is 0.461 e. The average Bonchev–Trinajstić information content (AvgIpc) is 2.99. The fourth-order valence-corrected chi connectivity index (χ4v) is 3.06. The maximum atomic E-state index is 11.9. The Morgan fingerprint density at radius 1 is 1.32 bits per heavy atom. The first-order valence-corrected chi connectivity index (χ1v) is 7.45. The van der Waals surface area contributed by atoms with Gasteiger partial charge in [-0.2, -0.15) is 0 Å². The van der Waals surface area contributed by atoms with Gasteiger partial charge >= 0.3 is 5.97 Å². The first-order valence-electron chi connectivity index (χ1n) is 6.66. The molecule has 100 valence electrons. The van der Waals surface area contributed by atoms with E-state index in [2.05, 4.69) is 15.9 Å². The van der Waals surface area contributed by atoms with Crippen LogP contribution in [0.15, 0.2) is 34.9 Å². The third kappa shape index (κ3) is 2.84. The summed E-state index contributed by atoms with van der Waals surface area (Å²) in [4.78, 5) is 11.9. The van der Waals surface area contributed by atoms with E-state index in [1.54, 1.807) is 0 Å². The molecular formula is C15H16BrNO2. The Bertz CT molecular complexity index is 599. The van der Waals surface area contributed by atoms with E-state index in [1.165, 1.54) is 12.8 Å². The molecule has 0 bridgehead atoms. The van der Waals surface area contributed by atoms with Crippen LogP contribution in [0.25, 0.3) is 10.9 Å². The van der Waals surface area contributed by atoms with Gasteiger partial charge in [0.15, 0.2) is 0 Å². The third-order valence-electron chi connectivity index (χ3n) is 3.63.